The summed E-state index contributed by atoms with van der Waals surface area (Å²) in [5.74, 6) is 0. The molecule has 0 aliphatic carbocycles. The van der Waals surface area contributed by atoms with Gasteiger partial charge in [0.2, 0.25) is 0 Å². The lowest BCUT2D eigenvalue weighted by molar-refractivity contribution is -0.384. The highest BCUT2D eigenvalue weighted by Crippen LogP contribution is 2.22. The summed E-state index contributed by atoms with van der Waals surface area (Å²) < 4.78 is 2.43. The second kappa shape index (κ2) is 4.05. The van der Waals surface area contributed by atoms with Gasteiger partial charge in [-0.25, -0.2) is 0 Å². The van der Waals surface area contributed by atoms with Crippen LogP contribution in [-0.2, 0) is 6.54 Å². The molecule has 0 spiro atoms. The molecular weight excluding hydrogens is 228 g/mol. The Balaban J connectivity index is 2.64. The topological polar surface area (TPSA) is 65.1 Å². The highest BCUT2D eigenvalue weighted by Gasteiger charge is 2.12. The van der Waals surface area contributed by atoms with Gasteiger partial charge in [-0.05, 0) is 12.5 Å². The number of nitro groups is 1. The SMILES string of the molecule is CCCn1sc2ccc([N+](=O)[O-])cc2c1=O. The van der Waals surface area contributed by atoms with Crippen LogP contribution in [0.5, 0.6) is 0 Å². The van der Waals surface area contributed by atoms with Gasteiger partial charge in [-0.2, -0.15) is 0 Å². The third-order valence-corrected chi connectivity index (χ3v) is 3.39. The van der Waals surface area contributed by atoms with Crippen molar-refractivity contribution >= 4 is 27.3 Å². The van der Waals surface area contributed by atoms with E-state index in [-0.39, 0.29) is 11.2 Å². The molecule has 2 aromatic rings. The molecule has 1 heterocycles. The predicted octanol–water partition coefficient (Wildman–Crippen LogP) is 2.38. The molecule has 0 aliphatic heterocycles. The van der Waals surface area contributed by atoms with E-state index in [4.69, 9.17) is 0 Å². The van der Waals surface area contributed by atoms with Crippen LogP contribution in [-0.4, -0.2) is 8.88 Å². The maximum atomic E-state index is 11.8. The molecule has 0 N–H and O–H groups in total. The van der Waals surface area contributed by atoms with Crippen LogP contribution in [0.25, 0.3) is 10.1 Å². The van der Waals surface area contributed by atoms with Crippen LogP contribution in [0.1, 0.15) is 13.3 Å². The van der Waals surface area contributed by atoms with Crippen LogP contribution in [0.3, 0.4) is 0 Å². The first-order valence-electron chi connectivity index (χ1n) is 4.91. The van der Waals surface area contributed by atoms with E-state index in [1.54, 1.807) is 10.0 Å². The van der Waals surface area contributed by atoms with Crippen molar-refractivity contribution < 1.29 is 4.92 Å². The number of rotatable bonds is 3. The zero-order chi connectivity index (χ0) is 11.7. The number of aromatic nitrogens is 1. The van der Waals surface area contributed by atoms with Crippen molar-refractivity contribution in [2.75, 3.05) is 0 Å². The van der Waals surface area contributed by atoms with Gasteiger partial charge in [0.1, 0.15) is 0 Å². The standard InChI is InChI=1S/C10H10N2O3S/c1-2-5-11-10(13)8-6-7(12(14)15)3-4-9(8)16-11/h3-4,6H,2,5H2,1H3. The monoisotopic (exact) mass is 238 g/mol. The Bertz CT molecular complexity index is 600. The number of nitro benzene ring substituents is 1. The molecular formula is C10H10N2O3S. The number of hydrogen-bond acceptors (Lipinski definition) is 4. The first kappa shape index (κ1) is 10.8. The van der Waals surface area contributed by atoms with Crippen molar-refractivity contribution in [3.8, 4) is 0 Å². The third-order valence-electron chi connectivity index (χ3n) is 2.27. The number of benzene rings is 1. The molecule has 0 fully saturated rings. The minimum atomic E-state index is -0.485. The minimum absolute atomic E-state index is 0.0361. The Morgan fingerprint density at radius 1 is 1.50 bits per heavy atom. The zero-order valence-electron chi connectivity index (χ0n) is 8.67. The van der Waals surface area contributed by atoms with Crippen molar-refractivity contribution in [3.05, 3.63) is 38.7 Å². The van der Waals surface area contributed by atoms with Gasteiger partial charge in [0.25, 0.3) is 11.2 Å². The molecule has 0 bridgehead atoms. The molecule has 0 radical (unpaired) electrons. The number of aryl methyl sites for hydroxylation is 1. The Labute approximate surface area is 95.2 Å². The maximum absolute atomic E-state index is 11.8. The van der Waals surface area contributed by atoms with Gasteiger partial charge < -0.3 is 0 Å². The van der Waals surface area contributed by atoms with Crippen LogP contribution >= 0.6 is 11.5 Å². The fourth-order valence-electron chi connectivity index (χ4n) is 1.52. The summed E-state index contributed by atoms with van der Waals surface area (Å²) in [5, 5.41) is 11.0. The van der Waals surface area contributed by atoms with E-state index in [1.165, 1.54) is 23.7 Å². The molecule has 0 amide bonds. The quantitative estimate of drug-likeness (QED) is 0.609. The molecule has 2 rings (SSSR count). The van der Waals surface area contributed by atoms with Crippen molar-refractivity contribution in [2.24, 2.45) is 0 Å². The molecule has 0 saturated carbocycles. The van der Waals surface area contributed by atoms with Gasteiger partial charge in [-0.1, -0.05) is 18.5 Å². The largest absolute Gasteiger partial charge is 0.270 e. The fourth-order valence-corrected chi connectivity index (χ4v) is 2.59. The second-order valence-electron chi connectivity index (χ2n) is 3.44. The fraction of sp³-hybridized carbons (Fsp3) is 0.300. The lowest BCUT2D eigenvalue weighted by Crippen LogP contribution is -2.12. The summed E-state index contributed by atoms with van der Waals surface area (Å²) in [4.78, 5) is 21.9. The van der Waals surface area contributed by atoms with Crippen molar-refractivity contribution in [2.45, 2.75) is 19.9 Å². The molecule has 6 heteroatoms. The van der Waals surface area contributed by atoms with Gasteiger partial charge >= 0.3 is 0 Å². The van der Waals surface area contributed by atoms with E-state index < -0.39 is 4.92 Å². The van der Waals surface area contributed by atoms with Crippen LogP contribution in [0.4, 0.5) is 5.69 Å². The van der Waals surface area contributed by atoms with Crippen LogP contribution < -0.4 is 5.56 Å². The van der Waals surface area contributed by atoms with Crippen LogP contribution in [0, 0.1) is 10.1 Å². The third kappa shape index (κ3) is 1.71. The van der Waals surface area contributed by atoms with E-state index in [2.05, 4.69) is 0 Å². The second-order valence-corrected chi connectivity index (χ2v) is 4.50. The van der Waals surface area contributed by atoms with Crippen molar-refractivity contribution in [1.82, 2.24) is 3.96 Å². The first-order chi connectivity index (χ1) is 7.63. The lowest BCUT2D eigenvalue weighted by atomic mass is 10.2. The summed E-state index contributed by atoms with van der Waals surface area (Å²) in [6.07, 6.45) is 0.870. The Kier molecular flexibility index (Phi) is 2.74. The van der Waals surface area contributed by atoms with E-state index in [9.17, 15) is 14.9 Å². The summed E-state index contributed by atoms with van der Waals surface area (Å²) in [6.45, 7) is 2.64. The van der Waals surface area contributed by atoms with Gasteiger partial charge in [-0.15, -0.1) is 0 Å². The summed E-state index contributed by atoms with van der Waals surface area (Å²) in [5.41, 5.74) is -0.170. The summed E-state index contributed by atoms with van der Waals surface area (Å²) in [6, 6.07) is 4.40. The molecule has 84 valence electrons. The summed E-state index contributed by atoms with van der Waals surface area (Å²) in [7, 11) is 0. The van der Waals surface area contributed by atoms with E-state index in [0.717, 1.165) is 11.1 Å². The molecule has 1 aromatic heterocycles. The van der Waals surface area contributed by atoms with Crippen LogP contribution in [0.2, 0.25) is 0 Å². The highest BCUT2D eigenvalue weighted by atomic mass is 32.1. The van der Waals surface area contributed by atoms with Gasteiger partial charge in [-0.3, -0.25) is 18.9 Å². The van der Waals surface area contributed by atoms with Crippen molar-refractivity contribution in [3.63, 3.8) is 0 Å². The molecule has 16 heavy (non-hydrogen) atoms. The molecule has 0 atom stereocenters. The molecule has 5 nitrogen and oxygen atoms in total. The smallest absolute Gasteiger partial charge is 0.268 e. The van der Waals surface area contributed by atoms with Crippen molar-refractivity contribution in [1.29, 1.82) is 0 Å². The summed E-state index contributed by atoms with van der Waals surface area (Å²) >= 11 is 1.35. The molecule has 0 saturated heterocycles. The number of hydrogen-bond donors (Lipinski definition) is 0. The average molecular weight is 238 g/mol. The molecule has 1 aromatic carbocycles. The molecule has 0 aliphatic rings. The number of fused-ring (bicyclic) bond motifs is 1. The van der Waals surface area contributed by atoms with Gasteiger partial charge in [0.15, 0.2) is 0 Å². The normalized spacial score (nSPS) is 10.8. The van der Waals surface area contributed by atoms with E-state index in [1.807, 2.05) is 6.92 Å². The van der Waals surface area contributed by atoms with Crippen LogP contribution in [0.15, 0.2) is 23.0 Å². The van der Waals surface area contributed by atoms with E-state index >= 15 is 0 Å². The highest BCUT2D eigenvalue weighted by molar-refractivity contribution is 7.13. The Morgan fingerprint density at radius 3 is 2.88 bits per heavy atom. The predicted molar refractivity (Wildman–Crippen MR) is 63.0 cm³/mol. The zero-order valence-corrected chi connectivity index (χ0v) is 9.49. The number of nitrogens with zero attached hydrogens (tertiary/aromatic N) is 2. The average Bonchev–Trinajstić information content (AvgIpc) is 2.56. The molecule has 0 unspecified atom stereocenters. The maximum Gasteiger partial charge on any atom is 0.270 e. The van der Waals surface area contributed by atoms with Gasteiger partial charge in [0, 0.05) is 18.7 Å². The first-order valence-corrected chi connectivity index (χ1v) is 5.69. The Hall–Kier alpha value is -1.69. The van der Waals surface area contributed by atoms with Gasteiger partial charge in [0.05, 0.1) is 15.0 Å². The minimum Gasteiger partial charge on any atom is -0.268 e. The number of non-ortho nitro benzene ring substituents is 1. The lowest BCUT2D eigenvalue weighted by Gasteiger charge is -1.92. The Morgan fingerprint density at radius 2 is 2.25 bits per heavy atom. The van der Waals surface area contributed by atoms with E-state index in [0.29, 0.717) is 11.9 Å².